The molecule has 0 radical (unpaired) electrons. The number of nitrogens with zero attached hydrogens (tertiary/aromatic N) is 3. The van der Waals surface area contributed by atoms with Gasteiger partial charge in [-0.1, -0.05) is 0 Å². The highest BCUT2D eigenvalue weighted by Gasteiger charge is 2.22. The molecule has 0 saturated heterocycles. The van der Waals surface area contributed by atoms with E-state index in [2.05, 4.69) is 20.2 Å². The Bertz CT molecular complexity index is 546. The summed E-state index contributed by atoms with van der Waals surface area (Å²) in [6, 6.07) is 0. The Labute approximate surface area is 104 Å². The molecule has 2 aromatic rings. The van der Waals surface area contributed by atoms with E-state index in [0.717, 1.165) is 36.8 Å². The summed E-state index contributed by atoms with van der Waals surface area (Å²) in [6.07, 6.45) is 4.74. The molecule has 2 N–H and O–H groups in total. The maximum absolute atomic E-state index is 9.48. The molecule has 1 aliphatic rings. The second-order valence-corrected chi connectivity index (χ2v) is 4.77. The summed E-state index contributed by atoms with van der Waals surface area (Å²) in [5, 5.41) is 17.3. The van der Waals surface area contributed by atoms with Crippen molar-refractivity contribution < 1.29 is 9.84 Å². The van der Waals surface area contributed by atoms with E-state index in [-0.39, 0.29) is 12.2 Å². The molecule has 0 unspecified atom stereocenters. The average molecular weight is 248 g/mol. The van der Waals surface area contributed by atoms with E-state index in [1.165, 1.54) is 6.33 Å². The molecule has 0 aromatic carbocycles. The van der Waals surface area contributed by atoms with Crippen molar-refractivity contribution in [1.82, 2.24) is 20.2 Å². The van der Waals surface area contributed by atoms with Crippen LogP contribution in [0.2, 0.25) is 0 Å². The summed E-state index contributed by atoms with van der Waals surface area (Å²) >= 11 is 0. The average Bonchev–Trinajstić information content (AvgIpc) is 2.75. The van der Waals surface area contributed by atoms with Crippen LogP contribution in [0.5, 0.6) is 5.88 Å². The van der Waals surface area contributed by atoms with Gasteiger partial charge in [0.05, 0.1) is 6.10 Å². The van der Waals surface area contributed by atoms with Crippen molar-refractivity contribution in [1.29, 1.82) is 0 Å². The first-order valence-electron chi connectivity index (χ1n) is 6.24. The third-order valence-corrected chi connectivity index (χ3v) is 3.42. The lowest BCUT2D eigenvalue weighted by Crippen LogP contribution is -2.26. The Morgan fingerprint density at radius 1 is 1.28 bits per heavy atom. The molecule has 1 saturated carbocycles. The molecular weight excluding hydrogens is 232 g/mol. The van der Waals surface area contributed by atoms with Crippen molar-refractivity contribution in [3.05, 3.63) is 12.0 Å². The molecule has 2 heterocycles. The van der Waals surface area contributed by atoms with E-state index >= 15 is 0 Å². The van der Waals surface area contributed by atoms with Gasteiger partial charge in [-0.25, -0.2) is 9.97 Å². The van der Waals surface area contributed by atoms with Crippen LogP contribution < -0.4 is 4.74 Å². The predicted octanol–water partition coefficient (Wildman–Crippen LogP) is 1.34. The van der Waals surface area contributed by atoms with Crippen molar-refractivity contribution in [2.45, 2.75) is 44.8 Å². The second kappa shape index (κ2) is 4.53. The Morgan fingerprint density at radius 3 is 2.83 bits per heavy atom. The third-order valence-electron chi connectivity index (χ3n) is 3.42. The fourth-order valence-corrected chi connectivity index (χ4v) is 2.38. The molecule has 1 aliphatic carbocycles. The SMILES string of the molecule is Cc1[nH]nc2ncnc(OC3CCC(O)CC3)c12. The zero-order chi connectivity index (χ0) is 12.5. The van der Waals surface area contributed by atoms with E-state index in [1.807, 2.05) is 6.92 Å². The second-order valence-electron chi connectivity index (χ2n) is 4.77. The number of aromatic amines is 1. The fourth-order valence-electron chi connectivity index (χ4n) is 2.38. The smallest absolute Gasteiger partial charge is 0.228 e. The van der Waals surface area contributed by atoms with Crippen molar-refractivity contribution in [2.75, 3.05) is 0 Å². The van der Waals surface area contributed by atoms with Crippen LogP contribution in [0.3, 0.4) is 0 Å². The van der Waals surface area contributed by atoms with Crippen LogP contribution in [0, 0.1) is 6.92 Å². The summed E-state index contributed by atoms with van der Waals surface area (Å²) in [7, 11) is 0. The number of fused-ring (bicyclic) bond motifs is 1. The molecule has 6 nitrogen and oxygen atoms in total. The minimum atomic E-state index is -0.175. The summed E-state index contributed by atoms with van der Waals surface area (Å²) in [5.41, 5.74) is 1.55. The number of rotatable bonds is 2. The first kappa shape index (κ1) is 11.4. The number of aliphatic hydroxyl groups excluding tert-OH is 1. The van der Waals surface area contributed by atoms with Gasteiger partial charge in [-0.3, -0.25) is 5.10 Å². The van der Waals surface area contributed by atoms with E-state index in [4.69, 9.17) is 4.74 Å². The van der Waals surface area contributed by atoms with Gasteiger partial charge in [-0.2, -0.15) is 5.10 Å². The number of aryl methyl sites for hydroxylation is 1. The number of ether oxygens (including phenoxy) is 1. The van der Waals surface area contributed by atoms with E-state index in [0.29, 0.717) is 11.5 Å². The molecule has 18 heavy (non-hydrogen) atoms. The molecule has 0 spiro atoms. The van der Waals surface area contributed by atoms with Crippen LogP contribution in [-0.4, -0.2) is 37.5 Å². The number of H-pyrrole nitrogens is 1. The van der Waals surface area contributed by atoms with Gasteiger partial charge < -0.3 is 9.84 Å². The van der Waals surface area contributed by atoms with Gasteiger partial charge >= 0.3 is 0 Å². The van der Waals surface area contributed by atoms with Crippen LogP contribution in [-0.2, 0) is 0 Å². The maximum atomic E-state index is 9.48. The van der Waals surface area contributed by atoms with Gasteiger partial charge in [-0.05, 0) is 32.6 Å². The normalized spacial score (nSPS) is 24.3. The summed E-state index contributed by atoms with van der Waals surface area (Å²) in [6.45, 7) is 1.93. The third kappa shape index (κ3) is 2.03. The van der Waals surface area contributed by atoms with Crippen molar-refractivity contribution >= 4 is 11.0 Å². The van der Waals surface area contributed by atoms with Gasteiger partial charge in [0.2, 0.25) is 5.88 Å². The standard InChI is InChI=1S/C12H16N4O2/c1-7-10-11(16-15-7)13-6-14-12(10)18-9-4-2-8(17)3-5-9/h6,8-9,17H,2-5H2,1H3,(H,13,14,15,16). The van der Waals surface area contributed by atoms with Crippen molar-refractivity contribution in [2.24, 2.45) is 0 Å². The molecule has 3 rings (SSSR count). The Kier molecular flexibility index (Phi) is 2.87. The summed E-state index contributed by atoms with van der Waals surface area (Å²) in [5.74, 6) is 0.590. The molecule has 0 atom stereocenters. The molecule has 1 fully saturated rings. The van der Waals surface area contributed by atoms with Crippen LogP contribution in [0.4, 0.5) is 0 Å². The zero-order valence-electron chi connectivity index (χ0n) is 10.3. The van der Waals surface area contributed by atoms with Crippen LogP contribution in [0.25, 0.3) is 11.0 Å². The monoisotopic (exact) mass is 248 g/mol. The number of hydrogen-bond donors (Lipinski definition) is 2. The molecule has 0 bridgehead atoms. The van der Waals surface area contributed by atoms with Crippen molar-refractivity contribution in [3.63, 3.8) is 0 Å². The van der Waals surface area contributed by atoms with Gasteiger partial charge in [-0.15, -0.1) is 0 Å². The largest absolute Gasteiger partial charge is 0.474 e. The predicted molar refractivity (Wildman–Crippen MR) is 65.3 cm³/mol. The Balaban J connectivity index is 1.84. The minimum absolute atomic E-state index is 0.126. The lowest BCUT2D eigenvalue weighted by Gasteiger charge is -2.25. The molecule has 2 aromatic heterocycles. The number of hydrogen-bond acceptors (Lipinski definition) is 5. The van der Waals surface area contributed by atoms with Crippen molar-refractivity contribution in [3.8, 4) is 5.88 Å². The zero-order valence-corrected chi connectivity index (χ0v) is 10.3. The first-order valence-corrected chi connectivity index (χ1v) is 6.24. The lowest BCUT2D eigenvalue weighted by molar-refractivity contribution is 0.0651. The molecular formula is C12H16N4O2. The van der Waals surface area contributed by atoms with Crippen LogP contribution in [0.15, 0.2) is 6.33 Å². The maximum Gasteiger partial charge on any atom is 0.228 e. The number of aliphatic hydroxyl groups is 1. The van der Waals surface area contributed by atoms with Gasteiger partial charge in [0.25, 0.3) is 0 Å². The highest BCUT2D eigenvalue weighted by Crippen LogP contribution is 2.27. The molecule has 0 amide bonds. The Hall–Kier alpha value is -1.69. The van der Waals surface area contributed by atoms with E-state index in [9.17, 15) is 5.11 Å². The van der Waals surface area contributed by atoms with Crippen LogP contribution in [0.1, 0.15) is 31.4 Å². The summed E-state index contributed by atoms with van der Waals surface area (Å²) < 4.78 is 5.93. The topological polar surface area (TPSA) is 83.9 Å². The lowest BCUT2D eigenvalue weighted by atomic mass is 9.95. The van der Waals surface area contributed by atoms with Crippen LogP contribution >= 0.6 is 0 Å². The van der Waals surface area contributed by atoms with E-state index in [1.54, 1.807) is 0 Å². The minimum Gasteiger partial charge on any atom is -0.474 e. The van der Waals surface area contributed by atoms with Gasteiger partial charge in [0.1, 0.15) is 17.8 Å². The summed E-state index contributed by atoms with van der Waals surface area (Å²) in [4.78, 5) is 8.29. The van der Waals surface area contributed by atoms with Gasteiger partial charge in [0.15, 0.2) is 5.65 Å². The first-order chi connectivity index (χ1) is 8.74. The quantitative estimate of drug-likeness (QED) is 0.838. The molecule has 0 aliphatic heterocycles. The van der Waals surface area contributed by atoms with Gasteiger partial charge in [0, 0.05) is 5.69 Å². The highest BCUT2D eigenvalue weighted by atomic mass is 16.5. The number of aromatic nitrogens is 4. The highest BCUT2D eigenvalue weighted by molar-refractivity contribution is 5.82. The molecule has 96 valence electrons. The fraction of sp³-hybridized carbons (Fsp3) is 0.583. The molecule has 6 heteroatoms. The number of nitrogens with one attached hydrogen (secondary N) is 1. The van der Waals surface area contributed by atoms with E-state index < -0.39 is 0 Å². The Morgan fingerprint density at radius 2 is 2.06 bits per heavy atom.